The highest BCUT2D eigenvalue weighted by molar-refractivity contribution is 6.18. The van der Waals surface area contributed by atoms with Gasteiger partial charge in [-0.1, -0.05) is 55.8 Å². The third-order valence-electron chi connectivity index (χ3n) is 5.80. The third-order valence-corrected chi connectivity index (χ3v) is 5.80. The zero-order chi connectivity index (χ0) is 23.6. The van der Waals surface area contributed by atoms with Crippen LogP contribution in [0.4, 0.5) is 10.1 Å². The van der Waals surface area contributed by atoms with E-state index in [4.69, 9.17) is 4.84 Å². The number of carbonyl (C=O) groups is 1. The van der Waals surface area contributed by atoms with E-state index in [1.807, 2.05) is 37.3 Å². The smallest absolute Gasteiger partial charge is 0.257 e. The van der Waals surface area contributed by atoms with Gasteiger partial charge in [0.15, 0.2) is 0 Å². The van der Waals surface area contributed by atoms with Crippen molar-refractivity contribution >= 4 is 17.3 Å². The molecule has 1 fully saturated rings. The molecule has 1 atom stereocenters. The first-order valence-corrected chi connectivity index (χ1v) is 11.8. The molecule has 2 aromatic rings. The van der Waals surface area contributed by atoms with Crippen LogP contribution in [0.1, 0.15) is 51.6 Å². The normalized spacial score (nSPS) is 17.5. The van der Waals surface area contributed by atoms with Gasteiger partial charge >= 0.3 is 0 Å². The van der Waals surface area contributed by atoms with Crippen LogP contribution in [0.3, 0.4) is 0 Å². The van der Waals surface area contributed by atoms with Crippen LogP contribution in [0.5, 0.6) is 0 Å². The Hall–Kier alpha value is -2.99. The minimum absolute atomic E-state index is 0.112. The summed E-state index contributed by atoms with van der Waals surface area (Å²) in [5, 5.41) is 4.20. The third kappa shape index (κ3) is 6.51. The number of carbonyl (C=O) groups excluding carboxylic acids is 1. The number of benzene rings is 2. The van der Waals surface area contributed by atoms with Crippen LogP contribution in [-0.4, -0.2) is 42.8 Å². The number of nitrogens with zero attached hydrogens (tertiary/aromatic N) is 3. The van der Waals surface area contributed by atoms with Gasteiger partial charge in [-0.05, 0) is 68.8 Å². The molecule has 0 aromatic heterocycles. The Balaban J connectivity index is 1.65. The van der Waals surface area contributed by atoms with E-state index in [2.05, 4.69) is 23.9 Å². The molecule has 0 bridgehead atoms. The molecule has 2 aromatic carbocycles. The molecule has 6 heteroatoms. The van der Waals surface area contributed by atoms with Crippen LogP contribution in [0.2, 0.25) is 0 Å². The fourth-order valence-electron chi connectivity index (χ4n) is 3.98. The van der Waals surface area contributed by atoms with Gasteiger partial charge < -0.3 is 9.74 Å². The zero-order valence-electron chi connectivity index (χ0n) is 19.8. The molecule has 0 spiro atoms. The highest BCUT2D eigenvalue weighted by Gasteiger charge is 2.43. The van der Waals surface area contributed by atoms with E-state index >= 15 is 0 Å². The molecule has 33 heavy (non-hydrogen) atoms. The second-order valence-corrected chi connectivity index (χ2v) is 8.27. The lowest BCUT2D eigenvalue weighted by atomic mass is 9.86. The van der Waals surface area contributed by atoms with Gasteiger partial charge in [0, 0.05) is 17.8 Å². The Morgan fingerprint density at radius 3 is 2.45 bits per heavy atom. The van der Waals surface area contributed by atoms with Gasteiger partial charge in [0.25, 0.3) is 5.91 Å². The Kier molecular flexibility index (Phi) is 9.19. The number of amides is 1. The highest BCUT2D eigenvalue weighted by Crippen LogP contribution is 2.43. The molecule has 0 saturated carbocycles. The SMILES string of the molecule is CCCCN(CC)CCCON=C(C)/C=C1/C(=O)N(c2ccc(F)cc2)C1c1ccccc1. The summed E-state index contributed by atoms with van der Waals surface area (Å²) in [5.74, 6) is -0.439. The Bertz CT molecular complexity index is 957. The van der Waals surface area contributed by atoms with E-state index in [0.717, 1.165) is 31.6 Å². The maximum atomic E-state index is 13.4. The number of β-lactam (4-membered cyclic amide) rings is 1. The Labute approximate surface area is 196 Å². The van der Waals surface area contributed by atoms with Gasteiger partial charge in [0.1, 0.15) is 12.4 Å². The molecule has 176 valence electrons. The Morgan fingerprint density at radius 2 is 1.79 bits per heavy atom. The first-order valence-electron chi connectivity index (χ1n) is 11.8. The number of hydrogen-bond acceptors (Lipinski definition) is 4. The van der Waals surface area contributed by atoms with Gasteiger partial charge in [-0.25, -0.2) is 4.39 Å². The minimum atomic E-state index is -0.328. The van der Waals surface area contributed by atoms with Crippen molar-refractivity contribution in [2.75, 3.05) is 31.1 Å². The molecule has 1 amide bonds. The number of oxime groups is 1. The van der Waals surface area contributed by atoms with Crippen molar-refractivity contribution in [2.45, 2.75) is 46.1 Å². The largest absolute Gasteiger partial charge is 0.396 e. The van der Waals surface area contributed by atoms with Crippen molar-refractivity contribution in [3.05, 3.63) is 77.6 Å². The number of rotatable bonds is 12. The average Bonchev–Trinajstić information content (AvgIpc) is 2.84. The lowest BCUT2D eigenvalue weighted by molar-refractivity contribution is -0.119. The fraction of sp³-hybridized carbons (Fsp3) is 0.407. The maximum Gasteiger partial charge on any atom is 0.257 e. The summed E-state index contributed by atoms with van der Waals surface area (Å²) in [6.07, 6.45) is 5.12. The van der Waals surface area contributed by atoms with Crippen molar-refractivity contribution in [3.63, 3.8) is 0 Å². The predicted molar refractivity (Wildman–Crippen MR) is 132 cm³/mol. The zero-order valence-corrected chi connectivity index (χ0v) is 19.8. The Morgan fingerprint density at radius 1 is 1.09 bits per heavy atom. The molecule has 1 heterocycles. The van der Waals surface area contributed by atoms with Crippen LogP contribution >= 0.6 is 0 Å². The molecule has 0 aliphatic carbocycles. The van der Waals surface area contributed by atoms with Crippen molar-refractivity contribution in [1.82, 2.24) is 4.90 Å². The summed E-state index contributed by atoms with van der Waals surface area (Å²) in [6, 6.07) is 15.6. The summed E-state index contributed by atoms with van der Waals surface area (Å²) < 4.78 is 13.4. The molecule has 0 radical (unpaired) electrons. The number of unbranched alkanes of at least 4 members (excludes halogenated alkanes) is 1. The monoisotopic (exact) mass is 451 g/mol. The van der Waals surface area contributed by atoms with Crippen molar-refractivity contribution in [3.8, 4) is 0 Å². The summed E-state index contributed by atoms with van der Waals surface area (Å²) >= 11 is 0. The second kappa shape index (κ2) is 12.3. The number of halogens is 1. The van der Waals surface area contributed by atoms with Crippen LogP contribution in [0, 0.1) is 5.82 Å². The standard InChI is InChI=1S/C27H34FN3O2/c1-4-6-17-30(5-2)18-10-19-33-29-21(3)20-25-26(22-11-8-7-9-12-22)31(27(25)32)24-15-13-23(28)14-16-24/h7-9,11-16,20,26H,4-6,10,17-19H2,1-3H3/b25-20+,29-21?. The summed E-state index contributed by atoms with van der Waals surface area (Å²) in [7, 11) is 0. The van der Waals surface area contributed by atoms with Gasteiger partial charge in [-0.2, -0.15) is 0 Å². The average molecular weight is 452 g/mol. The van der Waals surface area contributed by atoms with Crippen molar-refractivity contribution in [1.29, 1.82) is 0 Å². The molecule has 0 N–H and O–H groups in total. The first-order chi connectivity index (χ1) is 16.0. The molecule has 1 unspecified atom stereocenters. The van der Waals surface area contributed by atoms with Gasteiger partial charge in [0.2, 0.25) is 0 Å². The quantitative estimate of drug-likeness (QED) is 0.136. The fourth-order valence-corrected chi connectivity index (χ4v) is 3.98. The number of anilines is 1. The van der Waals surface area contributed by atoms with E-state index in [1.165, 1.54) is 25.0 Å². The van der Waals surface area contributed by atoms with E-state index in [0.29, 0.717) is 23.6 Å². The second-order valence-electron chi connectivity index (χ2n) is 8.27. The minimum Gasteiger partial charge on any atom is -0.396 e. The predicted octanol–water partition coefficient (Wildman–Crippen LogP) is 5.74. The van der Waals surface area contributed by atoms with Gasteiger partial charge in [-0.3, -0.25) is 9.69 Å². The van der Waals surface area contributed by atoms with Crippen molar-refractivity contribution < 1.29 is 14.0 Å². The highest BCUT2D eigenvalue weighted by atomic mass is 19.1. The topological polar surface area (TPSA) is 45.1 Å². The molecule has 1 aliphatic heterocycles. The van der Waals surface area contributed by atoms with E-state index in [9.17, 15) is 9.18 Å². The number of allylic oxidation sites excluding steroid dienone is 1. The maximum absolute atomic E-state index is 13.4. The van der Waals surface area contributed by atoms with Gasteiger partial charge in [-0.15, -0.1) is 0 Å². The van der Waals surface area contributed by atoms with Crippen LogP contribution in [0.25, 0.3) is 0 Å². The number of hydrogen-bond donors (Lipinski definition) is 0. The van der Waals surface area contributed by atoms with Crippen LogP contribution < -0.4 is 4.90 Å². The van der Waals surface area contributed by atoms with Gasteiger partial charge in [0.05, 0.1) is 11.8 Å². The van der Waals surface area contributed by atoms with E-state index in [1.54, 1.807) is 23.1 Å². The summed E-state index contributed by atoms with van der Waals surface area (Å²) in [4.78, 5) is 22.6. The lowest BCUT2D eigenvalue weighted by Gasteiger charge is -2.43. The molecule has 1 aliphatic rings. The molecule has 1 saturated heterocycles. The van der Waals surface area contributed by atoms with Crippen LogP contribution in [-0.2, 0) is 9.63 Å². The summed E-state index contributed by atoms with van der Waals surface area (Å²) in [6.45, 7) is 9.92. The van der Waals surface area contributed by atoms with Crippen molar-refractivity contribution in [2.24, 2.45) is 5.16 Å². The van der Waals surface area contributed by atoms with E-state index in [-0.39, 0.29) is 17.8 Å². The molecule has 3 rings (SSSR count). The van der Waals surface area contributed by atoms with E-state index < -0.39 is 0 Å². The lowest BCUT2D eigenvalue weighted by Crippen LogP contribution is -2.49. The molecule has 5 nitrogen and oxygen atoms in total. The molecular formula is C27H34FN3O2. The molecular weight excluding hydrogens is 417 g/mol. The van der Waals surface area contributed by atoms with Crippen LogP contribution in [0.15, 0.2) is 71.4 Å². The summed E-state index contributed by atoms with van der Waals surface area (Å²) in [5.41, 5.74) is 2.96. The first kappa shape index (κ1) is 24.6.